The van der Waals surface area contributed by atoms with E-state index < -0.39 is 5.97 Å². The molecule has 8 rings (SSSR count). The summed E-state index contributed by atoms with van der Waals surface area (Å²) < 4.78 is 3.30. The van der Waals surface area contributed by atoms with Gasteiger partial charge in [-0.25, -0.2) is 0 Å². The highest BCUT2D eigenvalue weighted by Crippen LogP contribution is 2.52. The molecule has 0 spiro atoms. The standard InChI is InChI=1S/C43H36N2O2S/c46-43(47)26-27-44-40-15-7-8-17-41(40)48-42(44)25-21-31-20-24-39-37(29-31)35-14-9-16-38(35)45(39)34-22-18-30(19-23-34)28-36(32-10-3-1-4-11-32)33-12-5-2-6-13-33/h1-8,10-13,15,17-25,28-29,35,38H,9,14,16,26-27H2/p+1. The number of hydrogen-bond donors (Lipinski definition) is 1. The SMILES string of the molecule is O=C(O)CC[n+]1c(/C=C/c2ccc3c(c2)C2CCCC2N3c2ccc(C=C(c3ccccc3)c3ccccc3)cc2)sc2ccccc21. The Hall–Kier alpha value is -5.26. The Bertz CT molecular complexity index is 2110. The zero-order valence-corrected chi connectivity index (χ0v) is 27.5. The van der Waals surface area contributed by atoms with Gasteiger partial charge in [0.2, 0.25) is 5.52 Å². The molecule has 1 aliphatic heterocycles. The molecule has 0 saturated heterocycles. The minimum Gasteiger partial charge on any atom is -0.481 e. The topological polar surface area (TPSA) is 44.4 Å². The average Bonchev–Trinajstić information content (AvgIpc) is 3.83. The number of carboxylic acids is 1. The van der Waals surface area contributed by atoms with Crippen molar-refractivity contribution in [2.45, 2.75) is 44.2 Å². The van der Waals surface area contributed by atoms with Gasteiger partial charge >= 0.3 is 5.97 Å². The van der Waals surface area contributed by atoms with Crippen LogP contribution in [-0.4, -0.2) is 17.1 Å². The van der Waals surface area contributed by atoms with Gasteiger partial charge in [0.05, 0.1) is 0 Å². The van der Waals surface area contributed by atoms with Crippen LogP contribution in [0.5, 0.6) is 0 Å². The van der Waals surface area contributed by atoms with E-state index in [0.717, 1.165) is 10.5 Å². The maximum atomic E-state index is 11.4. The molecule has 0 bridgehead atoms. The molecule has 0 radical (unpaired) electrons. The van der Waals surface area contributed by atoms with E-state index in [1.165, 1.54) is 68.7 Å². The summed E-state index contributed by atoms with van der Waals surface area (Å²) in [6.07, 6.45) is 10.4. The number of benzene rings is 5. The van der Waals surface area contributed by atoms with Crippen molar-refractivity contribution in [2.75, 3.05) is 4.90 Å². The fraction of sp³-hybridized carbons (Fsp3) is 0.163. The van der Waals surface area contributed by atoms with Gasteiger partial charge in [0, 0.05) is 35.5 Å². The van der Waals surface area contributed by atoms with Crippen molar-refractivity contribution in [1.82, 2.24) is 0 Å². The normalized spacial score (nSPS) is 16.7. The van der Waals surface area contributed by atoms with Gasteiger partial charge in [-0.15, -0.1) is 0 Å². The first kappa shape index (κ1) is 30.1. The van der Waals surface area contributed by atoms with Gasteiger partial charge in [0.1, 0.15) is 11.1 Å². The first-order valence-corrected chi connectivity index (χ1v) is 17.6. The second-order valence-corrected chi connectivity index (χ2v) is 13.8. The summed E-state index contributed by atoms with van der Waals surface area (Å²) in [5.41, 5.74) is 11.1. The van der Waals surface area contributed by atoms with E-state index in [0.29, 0.717) is 18.5 Å². The van der Waals surface area contributed by atoms with Gasteiger partial charge in [0.25, 0.3) is 5.01 Å². The zero-order valence-electron chi connectivity index (χ0n) is 26.7. The van der Waals surface area contributed by atoms with E-state index in [4.69, 9.17) is 0 Å². The Morgan fingerprint density at radius 1 is 0.792 bits per heavy atom. The lowest BCUT2D eigenvalue weighted by Crippen LogP contribution is -2.36. The van der Waals surface area contributed by atoms with Crippen molar-refractivity contribution in [2.24, 2.45) is 0 Å². The summed E-state index contributed by atoms with van der Waals surface area (Å²) in [6.45, 7) is 0.455. The minimum absolute atomic E-state index is 0.0997. The molecule has 1 fully saturated rings. The maximum Gasteiger partial charge on any atom is 0.309 e. The number of rotatable bonds is 9. The van der Waals surface area contributed by atoms with E-state index in [-0.39, 0.29) is 6.42 Å². The number of aliphatic carboxylic acids is 1. The minimum atomic E-state index is -0.780. The van der Waals surface area contributed by atoms with E-state index in [2.05, 4.69) is 143 Å². The van der Waals surface area contributed by atoms with Crippen LogP contribution in [0.15, 0.2) is 127 Å². The van der Waals surface area contributed by atoms with Crippen LogP contribution in [0.3, 0.4) is 0 Å². The van der Waals surface area contributed by atoms with Crippen molar-refractivity contribution in [3.05, 3.63) is 160 Å². The molecule has 48 heavy (non-hydrogen) atoms. The number of thiazole rings is 1. The number of hydrogen-bond acceptors (Lipinski definition) is 3. The number of anilines is 2. The third-order valence-corrected chi connectivity index (χ3v) is 10.9. The van der Waals surface area contributed by atoms with E-state index in [9.17, 15) is 9.90 Å². The van der Waals surface area contributed by atoms with Crippen molar-refractivity contribution in [3.63, 3.8) is 0 Å². The summed E-state index contributed by atoms with van der Waals surface area (Å²) in [6, 6.07) is 45.9. The molecule has 0 amide bonds. The van der Waals surface area contributed by atoms with E-state index >= 15 is 0 Å². The number of aromatic nitrogens is 1. The quantitative estimate of drug-likeness (QED) is 0.126. The number of aryl methyl sites for hydroxylation is 1. The van der Waals surface area contributed by atoms with Crippen LogP contribution in [0, 0.1) is 0 Å². The lowest BCUT2D eigenvalue weighted by atomic mass is 9.95. The van der Waals surface area contributed by atoms with Gasteiger partial charge in [0.15, 0.2) is 6.54 Å². The first-order chi connectivity index (χ1) is 23.6. The van der Waals surface area contributed by atoms with Crippen LogP contribution in [0.2, 0.25) is 0 Å². The molecule has 5 heteroatoms. The lowest BCUT2D eigenvalue weighted by Gasteiger charge is -2.27. The van der Waals surface area contributed by atoms with Crippen LogP contribution in [0.25, 0.3) is 34.0 Å². The van der Waals surface area contributed by atoms with Gasteiger partial charge < -0.3 is 10.0 Å². The van der Waals surface area contributed by atoms with E-state index in [1.54, 1.807) is 11.3 Å². The molecule has 2 unspecified atom stereocenters. The summed E-state index contributed by atoms with van der Waals surface area (Å²) in [5.74, 6) is -0.252. The predicted octanol–water partition coefficient (Wildman–Crippen LogP) is 10.2. The number of fused-ring (bicyclic) bond motifs is 4. The van der Waals surface area contributed by atoms with Crippen molar-refractivity contribution >= 4 is 62.7 Å². The molecule has 1 aromatic heterocycles. The highest BCUT2D eigenvalue weighted by atomic mass is 32.1. The van der Waals surface area contributed by atoms with Crippen LogP contribution in [-0.2, 0) is 11.3 Å². The second-order valence-electron chi connectivity index (χ2n) is 12.7. The molecule has 1 saturated carbocycles. The summed E-state index contributed by atoms with van der Waals surface area (Å²) >= 11 is 1.71. The average molecular weight is 646 g/mol. The second kappa shape index (κ2) is 13.1. The number of carboxylic acid groups (broad SMARTS) is 1. The molecule has 6 aromatic rings. The molecule has 2 aliphatic rings. The largest absolute Gasteiger partial charge is 0.481 e. The molecule has 5 aromatic carbocycles. The van der Waals surface area contributed by atoms with Crippen molar-refractivity contribution in [1.29, 1.82) is 0 Å². The van der Waals surface area contributed by atoms with E-state index in [1.807, 2.05) is 12.1 Å². The molecule has 2 heterocycles. The first-order valence-electron chi connectivity index (χ1n) is 16.8. The lowest BCUT2D eigenvalue weighted by molar-refractivity contribution is -0.667. The molecule has 236 valence electrons. The number of carbonyl (C=O) groups is 1. The third-order valence-electron chi connectivity index (χ3n) is 9.78. The van der Waals surface area contributed by atoms with Crippen LogP contribution in [0.4, 0.5) is 11.4 Å². The van der Waals surface area contributed by atoms with Gasteiger partial charge in [-0.2, -0.15) is 4.57 Å². The van der Waals surface area contributed by atoms with Crippen LogP contribution >= 0.6 is 11.3 Å². The molecular formula is C43H37N2O2S+. The fourth-order valence-electron chi connectivity index (χ4n) is 7.56. The highest BCUT2D eigenvalue weighted by molar-refractivity contribution is 7.18. The Kier molecular flexibility index (Phi) is 8.21. The Balaban J connectivity index is 1.09. The zero-order chi connectivity index (χ0) is 32.5. The third kappa shape index (κ3) is 5.86. The molecular weight excluding hydrogens is 609 g/mol. The Morgan fingerprint density at radius 2 is 1.48 bits per heavy atom. The van der Waals surface area contributed by atoms with Crippen molar-refractivity contribution in [3.8, 4) is 0 Å². The monoisotopic (exact) mass is 645 g/mol. The predicted molar refractivity (Wildman–Crippen MR) is 198 cm³/mol. The summed E-state index contributed by atoms with van der Waals surface area (Å²) in [5, 5.41) is 10.4. The molecule has 2 atom stereocenters. The number of nitrogens with zero attached hydrogens (tertiary/aromatic N) is 2. The highest BCUT2D eigenvalue weighted by Gasteiger charge is 2.42. The number of para-hydroxylation sites is 1. The van der Waals surface area contributed by atoms with Crippen LogP contribution < -0.4 is 9.47 Å². The molecule has 4 nitrogen and oxygen atoms in total. The summed E-state index contributed by atoms with van der Waals surface area (Å²) in [7, 11) is 0. The fourth-order valence-corrected chi connectivity index (χ4v) is 8.65. The van der Waals surface area contributed by atoms with Gasteiger partial charge in [-0.05, 0) is 88.7 Å². The van der Waals surface area contributed by atoms with Gasteiger partial charge in [-0.3, -0.25) is 4.79 Å². The van der Waals surface area contributed by atoms with Crippen molar-refractivity contribution < 1.29 is 14.5 Å². The maximum absolute atomic E-state index is 11.4. The molecule has 1 N–H and O–H groups in total. The smallest absolute Gasteiger partial charge is 0.309 e. The Morgan fingerprint density at radius 3 is 2.21 bits per heavy atom. The summed E-state index contributed by atoms with van der Waals surface area (Å²) in [4.78, 5) is 14.0. The molecule has 1 aliphatic carbocycles. The van der Waals surface area contributed by atoms with Gasteiger partial charge in [-0.1, -0.05) is 109 Å². The van der Waals surface area contributed by atoms with Crippen LogP contribution in [0.1, 0.15) is 64.4 Å². The Labute approximate surface area is 285 Å².